The van der Waals surface area contributed by atoms with E-state index in [2.05, 4.69) is 19.1 Å². The average molecular weight is 309 g/mol. The van der Waals surface area contributed by atoms with Crippen molar-refractivity contribution in [2.45, 2.75) is 31.6 Å². The Morgan fingerprint density at radius 1 is 1.29 bits per heavy atom. The van der Waals surface area contributed by atoms with Gasteiger partial charge in [0.1, 0.15) is 9.84 Å². The Labute approximate surface area is 127 Å². The molecule has 0 bridgehead atoms. The number of hydrogen-bond donors (Lipinski definition) is 0. The van der Waals surface area contributed by atoms with Crippen LogP contribution in [-0.4, -0.2) is 44.3 Å². The van der Waals surface area contributed by atoms with Gasteiger partial charge in [-0.1, -0.05) is 37.3 Å². The van der Waals surface area contributed by atoms with Gasteiger partial charge in [0.2, 0.25) is 5.91 Å². The molecular formula is C16H23NO3S. The average Bonchev–Trinajstić information content (AvgIpc) is 2.45. The number of benzene rings is 1. The van der Waals surface area contributed by atoms with Crippen LogP contribution in [0, 0.1) is 0 Å². The SMILES string of the molecule is C[C@@]1(c2ccccc2)CCCN(C(=O)CCS(C)(=O)=O)C1. The monoisotopic (exact) mass is 309 g/mol. The minimum absolute atomic E-state index is 0.0414. The summed E-state index contributed by atoms with van der Waals surface area (Å²) in [7, 11) is -3.09. The molecule has 0 radical (unpaired) electrons. The summed E-state index contributed by atoms with van der Waals surface area (Å²) in [5.41, 5.74) is 1.20. The van der Waals surface area contributed by atoms with Crippen LogP contribution in [0.15, 0.2) is 30.3 Å². The van der Waals surface area contributed by atoms with Crippen LogP contribution in [0.5, 0.6) is 0 Å². The first-order chi connectivity index (χ1) is 9.80. The lowest BCUT2D eigenvalue weighted by atomic mass is 9.76. The lowest BCUT2D eigenvalue weighted by molar-refractivity contribution is -0.132. The van der Waals surface area contributed by atoms with Crippen molar-refractivity contribution in [2.75, 3.05) is 25.1 Å². The second kappa shape index (κ2) is 6.18. The van der Waals surface area contributed by atoms with Gasteiger partial charge in [-0.15, -0.1) is 0 Å². The van der Waals surface area contributed by atoms with Gasteiger partial charge in [0.05, 0.1) is 5.75 Å². The molecule has 1 aliphatic heterocycles. The van der Waals surface area contributed by atoms with Crippen molar-refractivity contribution in [3.63, 3.8) is 0 Å². The summed E-state index contributed by atoms with van der Waals surface area (Å²) in [5, 5.41) is 0. The van der Waals surface area contributed by atoms with Gasteiger partial charge in [0.15, 0.2) is 0 Å². The minimum Gasteiger partial charge on any atom is -0.342 e. The summed E-state index contributed by atoms with van der Waals surface area (Å²) in [6.45, 7) is 3.57. The molecule has 1 fully saturated rings. The van der Waals surface area contributed by atoms with Crippen molar-refractivity contribution in [1.29, 1.82) is 0 Å². The van der Waals surface area contributed by atoms with Gasteiger partial charge >= 0.3 is 0 Å². The van der Waals surface area contributed by atoms with E-state index in [1.54, 1.807) is 0 Å². The van der Waals surface area contributed by atoms with Gasteiger partial charge in [-0.2, -0.15) is 0 Å². The molecule has 116 valence electrons. The topological polar surface area (TPSA) is 54.5 Å². The van der Waals surface area contributed by atoms with Crippen LogP contribution in [0.3, 0.4) is 0 Å². The summed E-state index contributed by atoms with van der Waals surface area (Å²) in [6, 6.07) is 10.2. The highest BCUT2D eigenvalue weighted by Crippen LogP contribution is 2.33. The summed E-state index contributed by atoms with van der Waals surface area (Å²) in [4.78, 5) is 14.0. The maximum Gasteiger partial charge on any atom is 0.223 e. The molecule has 0 aromatic heterocycles. The van der Waals surface area contributed by atoms with Crippen LogP contribution in [0.1, 0.15) is 31.7 Å². The number of rotatable bonds is 4. The lowest BCUT2D eigenvalue weighted by Gasteiger charge is -2.41. The largest absolute Gasteiger partial charge is 0.342 e. The van der Waals surface area contributed by atoms with Crippen molar-refractivity contribution in [3.8, 4) is 0 Å². The zero-order valence-electron chi connectivity index (χ0n) is 12.7. The Kier molecular flexibility index (Phi) is 4.71. The number of sulfone groups is 1. The molecule has 1 aromatic carbocycles. The maximum atomic E-state index is 12.2. The van der Waals surface area contributed by atoms with Crippen molar-refractivity contribution in [1.82, 2.24) is 4.90 Å². The van der Waals surface area contributed by atoms with Gasteiger partial charge in [0, 0.05) is 31.2 Å². The second-order valence-electron chi connectivity index (χ2n) is 6.23. The van der Waals surface area contributed by atoms with Gasteiger partial charge in [0.25, 0.3) is 0 Å². The third-order valence-corrected chi connectivity index (χ3v) is 5.15. The fourth-order valence-electron chi connectivity index (χ4n) is 2.96. The van der Waals surface area contributed by atoms with Gasteiger partial charge in [-0.25, -0.2) is 8.42 Å². The van der Waals surface area contributed by atoms with Crippen LogP contribution >= 0.6 is 0 Å². The Balaban J connectivity index is 2.05. The van der Waals surface area contributed by atoms with Crippen molar-refractivity contribution >= 4 is 15.7 Å². The zero-order valence-corrected chi connectivity index (χ0v) is 13.5. The number of hydrogen-bond acceptors (Lipinski definition) is 3. The van der Waals surface area contributed by atoms with Crippen molar-refractivity contribution < 1.29 is 13.2 Å². The molecule has 1 heterocycles. The third kappa shape index (κ3) is 4.30. The molecule has 5 heteroatoms. The Hall–Kier alpha value is -1.36. The van der Waals surface area contributed by atoms with E-state index in [4.69, 9.17) is 0 Å². The maximum absolute atomic E-state index is 12.2. The van der Waals surface area contributed by atoms with E-state index in [0.717, 1.165) is 19.4 Å². The lowest BCUT2D eigenvalue weighted by Crippen LogP contribution is -2.47. The number of carbonyl (C=O) groups is 1. The molecule has 0 N–H and O–H groups in total. The van der Waals surface area contributed by atoms with Crippen molar-refractivity contribution in [2.24, 2.45) is 0 Å². The smallest absolute Gasteiger partial charge is 0.223 e. The third-order valence-electron chi connectivity index (χ3n) is 4.21. The summed E-state index contributed by atoms with van der Waals surface area (Å²) in [6.07, 6.45) is 3.26. The summed E-state index contributed by atoms with van der Waals surface area (Å²) >= 11 is 0. The molecule has 1 aromatic rings. The number of nitrogens with zero attached hydrogens (tertiary/aromatic N) is 1. The molecule has 1 saturated heterocycles. The van der Waals surface area contributed by atoms with E-state index in [1.807, 2.05) is 23.1 Å². The van der Waals surface area contributed by atoms with Crippen LogP contribution in [0.25, 0.3) is 0 Å². The van der Waals surface area contributed by atoms with Crippen molar-refractivity contribution in [3.05, 3.63) is 35.9 Å². The predicted molar refractivity (Wildman–Crippen MR) is 83.9 cm³/mol. The van der Waals surface area contributed by atoms with Crippen LogP contribution in [0.2, 0.25) is 0 Å². The van der Waals surface area contributed by atoms with E-state index in [0.29, 0.717) is 6.54 Å². The van der Waals surface area contributed by atoms with Crippen LogP contribution in [-0.2, 0) is 20.0 Å². The molecule has 0 unspecified atom stereocenters. The highest BCUT2D eigenvalue weighted by Gasteiger charge is 2.34. The zero-order chi connectivity index (χ0) is 15.5. The number of amides is 1. The fraction of sp³-hybridized carbons (Fsp3) is 0.562. The quantitative estimate of drug-likeness (QED) is 0.855. The first kappa shape index (κ1) is 16.0. The Morgan fingerprint density at radius 2 is 1.95 bits per heavy atom. The predicted octanol–water partition coefficient (Wildman–Crippen LogP) is 2.00. The van der Waals surface area contributed by atoms with E-state index < -0.39 is 9.84 Å². The first-order valence-corrected chi connectivity index (χ1v) is 9.37. The minimum atomic E-state index is -3.09. The molecule has 2 rings (SSSR count). The Bertz CT molecular complexity index is 597. The standard InChI is InChI=1S/C16H23NO3S/c1-16(14-7-4-3-5-8-14)10-6-11-17(13-16)15(18)9-12-21(2,19)20/h3-5,7-8H,6,9-13H2,1-2H3/t16-/m1/s1. The molecule has 0 spiro atoms. The molecule has 21 heavy (non-hydrogen) atoms. The molecule has 0 saturated carbocycles. The molecule has 0 aliphatic carbocycles. The molecule has 4 nitrogen and oxygen atoms in total. The van der Waals surface area contributed by atoms with Gasteiger partial charge in [-0.05, 0) is 18.4 Å². The van der Waals surface area contributed by atoms with E-state index in [9.17, 15) is 13.2 Å². The highest BCUT2D eigenvalue weighted by atomic mass is 32.2. The molecule has 1 aliphatic rings. The normalized spacial score (nSPS) is 23.0. The molecule has 1 atom stereocenters. The number of likely N-dealkylation sites (tertiary alicyclic amines) is 1. The highest BCUT2D eigenvalue weighted by molar-refractivity contribution is 7.90. The summed E-state index contributed by atoms with van der Waals surface area (Å²) < 4.78 is 22.4. The fourth-order valence-corrected chi connectivity index (χ4v) is 3.50. The number of piperidine rings is 1. The van der Waals surface area contributed by atoms with E-state index >= 15 is 0 Å². The summed E-state index contributed by atoms with van der Waals surface area (Å²) in [5.74, 6) is -0.119. The van der Waals surface area contributed by atoms with Crippen LogP contribution in [0.4, 0.5) is 0 Å². The van der Waals surface area contributed by atoms with E-state index in [-0.39, 0.29) is 23.5 Å². The van der Waals surface area contributed by atoms with Crippen LogP contribution < -0.4 is 0 Å². The Morgan fingerprint density at radius 3 is 2.57 bits per heavy atom. The second-order valence-corrected chi connectivity index (χ2v) is 8.49. The number of carbonyl (C=O) groups excluding carboxylic acids is 1. The van der Waals surface area contributed by atoms with Gasteiger partial charge in [-0.3, -0.25) is 4.79 Å². The van der Waals surface area contributed by atoms with E-state index in [1.165, 1.54) is 11.8 Å². The van der Waals surface area contributed by atoms with Gasteiger partial charge < -0.3 is 4.90 Å². The first-order valence-electron chi connectivity index (χ1n) is 7.31. The molecular weight excluding hydrogens is 286 g/mol. The molecule has 1 amide bonds.